The Morgan fingerprint density at radius 1 is 1.40 bits per heavy atom. The number of aromatic nitrogens is 1. The highest BCUT2D eigenvalue weighted by Gasteiger charge is 2.34. The number of nitriles is 1. The molecule has 1 aromatic heterocycles. The molecule has 1 aromatic carbocycles. The van der Waals surface area contributed by atoms with Gasteiger partial charge in [0.1, 0.15) is 6.07 Å². The minimum atomic E-state index is -0.411. The molecule has 4 nitrogen and oxygen atoms in total. The summed E-state index contributed by atoms with van der Waals surface area (Å²) in [6.07, 6.45) is 3.91. The minimum absolute atomic E-state index is 0.219. The maximum absolute atomic E-state index is 12.7. The third kappa shape index (κ3) is 3.24. The number of hydrogen-bond donors (Lipinski definition) is 0. The number of rotatable bonds is 4. The maximum Gasteiger partial charge on any atom is 0.340 e. The lowest BCUT2D eigenvalue weighted by molar-refractivity contribution is 0.0554. The van der Waals surface area contributed by atoms with Crippen molar-refractivity contribution in [2.75, 3.05) is 6.61 Å². The van der Waals surface area contributed by atoms with Gasteiger partial charge in [-0.05, 0) is 42.2 Å². The molecule has 0 radical (unpaired) electrons. The summed E-state index contributed by atoms with van der Waals surface area (Å²) in [4.78, 5) is 17.5. The predicted molar refractivity (Wildman–Crippen MR) is 97.2 cm³/mol. The van der Waals surface area contributed by atoms with Crippen molar-refractivity contribution >= 4 is 16.9 Å². The highest BCUT2D eigenvalue weighted by atomic mass is 16.5. The zero-order valence-electron chi connectivity index (χ0n) is 15.1. The van der Waals surface area contributed by atoms with Crippen LogP contribution in [0.5, 0.6) is 0 Å². The Kier molecular flexibility index (Phi) is 4.76. The molecule has 0 bridgehead atoms. The highest BCUT2D eigenvalue weighted by molar-refractivity contribution is 6.05. The van der Waals surface area contributed by atoms with Gasteiger partial charge in [0.2, 0.25) is 0 Å². The van der Waals surface area contributed by atoms with Gasteiger partial charge in [-0.25, -0.2) is 4.79 Å². The molecule has 0 saturated carbocycles. The minimum Gasteiger partial charge on any atom is -0.447 e. The first-order valence-electron chi connectivity index (χ1n) is 8.92. The van der Waals surface area contributed by atoms with E-state index in [1.165, 1.54) is 0 Å². The lowest BCUT2D eigenvalue weighted by Crippen LogP contribution is -2.30. The monoisotopic (exact) mass is 336 g/mol. The Morgan fingerprint density at radius 2 is 2.16 bits per heavy atom. The highest BCUT2D eigenvalue weighted by Crippen LogP contribution is 2.41. The zero-order valence-corrected chi connectivity index (χ0v) is 15.1. The molecule has 1 aliphatic carbocycles. The number of hydrogen-bond acceptors (Lipinski definition) is 4. The van der Waals surface area contributed by atoms with E-state index in [4.69, 9.17) is 15.0 Å². The van der Waals surface area contributed by atoms with Crippen LogP contribution < -0.4 is 0 Å². The Morgan fingerprint density at radius 3 is 2.88 bits per heavy atom. The molecule has 0 fully saturated rings. The summed E-state index contributed by atoms with van der Waals surface area (Å²) in [6.45, 7) is 6.58. The summed E-state index contributed by atoms with van der Waals surface area (Å²) in [5.41, 5.74) is 3.66. The number of pyridine rings is 1. The van der Waals surface area contributed by atoms with Crippen molar-refractivity contribution in [2.45, 2.75) is 46.5 Å². The zero-order chi connectivity index (χ0) is 18.0. The van der Waals surface area contributed by atoms with E-state index in [1.807, 2.05) is 30.3 Å². The Labute approximate surface area is 148 Å². The van der Waals surface area contributed by atoms with Gasteiger partial charge in [0, 0.05) is 11.1 Å². The van der Waals surface area contributed by atoms with Gasteiger partial charge in [0.05, 0.1) is 11.1 Å². The SMILES string of the molecule is CCC(C)(C)[C@H]1CCc2nc3ccccc3c(C(=O)OCC#N)c2C1. The molecule has 1 aliphatic rings. The van der Waals surface area contributed by atoms with Crippen LogP contribution >= 0.6 is 0 Å². The first-order valence-corrected chi connectivity index (χ1v) is 8.92. The van der Waals surface area contributed by atoms with Crippen LogP contribution in [0.2, 0.25) is 0 Å². The molecule has 0 spiro atoms. The molecule has 2 aromatic rings. The van der Waals surface area contributed by atoms with Gasteiger partial charge in [0.15, 0.2) is 6.61 Å². The van der Waals surface area contributed by atoms with Crippen LogP contribution in [-0.2, 0) is 17.6 Å². The molecule has 0 aliphatic heterocycles. The second-order valence-electron chi connectivity index (χ2n) is 7.45. The van der Waals surface area contributed by atoms with Crippen LogP contribution in [0.25, 0.3) is 10.9 Å². The Hall–Kier alpha value is -2.41. The molecule has 25 heavy (non-hydrogen) atoms. The Balaban J connectivity index is 2.13. The van der Waals surface area contributed by atoms with Crippen molar-refractivity contribution in [2.24, 2.45) is 11.3 Å². The van der Waals surface area contributed by atoms with Crippen LogP contribution in [0.4, 0.5) is 0 Å². The van der Waals surface area contributed by atoms with E-state index in [0.717, 1.165) is 47.8 Å². The number of esters is 1. The number of carbonyl (C=O) groups is 1. The second kappa shape index (κ2) is 6.84. The van der Waals surface area contributed by atoms with Crippen molar-refractivity contribution in [3.63, 3.8) is 0 Å². The van der Waals surface area contributed by atoms with Gasteiger partial charge in [-0.3, -0.25) is 4.98 Å². The summed E-state index contributed by atoms with van der Waals surface area (Å²) in [5, 5.41) is 9.57. The second-order valence-corrected chi connectivity index (χ2v) is 7.45. The standard InChI is InChI=1S/C21H24N2O2/c1-4-21(2,3)14-9-10-18-16(13-14)19(20(24)25-12-11-22)15-7-5-6-8-17(15)23-18/h5-8,14H,4,9-10,12-13H2,1-3H3/t14-/m0/s1. The molecule has 0 amide bonds. The summed E-state index contributed by atoms with van der Waals surface area (Å²) in [7, 11) is 0. The maximum atomic E-state index is 12.7. The molecular weight excluding hydrogens is 312 g/mol. The van der Waals surface area contributed by atoms with Crippen molar-refractivity contribution in [1.82, 2.24) is 4.98 Å². The largest absolute Gasteiger partial charge is 0.447 e. The van der Waals surface area contributed by atoms with Gasteiger partial charge in [-0.1, -0.05) is 45.4 Å². The molecule has 0 N–H and O–H groups in total. The third-order valence-corrected chi connectivity index (χ3v) is 5.75. The summed E-state index contributed by atoms with van der Waals surface area (Å²) >= 11 is 0. The number of carbonyl (C=O) groups excluding carboxylic acids is 1. The molecule has 3 rings (SSSR count). The van der Waals surface area contributed by atoms with E-state index in [2.05, 4.69) is 20.8 Å². The molecule has 1 atom stereocenters. The number of ether oxygens (including phenoxy) is 1. The number of para-hydroxylation sites is 1. The quantitative estimate of drug-likeness (QED) is 0.774. The van der Waals surface area contributed by atoms with Crippen LogP contribution in [0.15, 0.2) is 24.3 Å². The average Bonchev–Trinajstić information content (AvgIpc) is 2.63. The fraction of sp³-hybridized carbons (Fsp3) is 0.476. The first-order chi connectivity index (χ1) is 12.0. The summed E-state index contributed by atoms with van der Waals surface area (Å²) < 4.78 is 5.17. The topological polar surface area (TPSA) is 63.0 Å². The molecular formula is C21H24N2O2. The van der Waals surface area contributed by atoms with E-state index in [9.17, 15) is 4.79 Å². The molecule has 0 saturated heterocycles. The van der Waals surface area contributed by atoms with E-state index in [1.54, 1.807) is 0 Å². The van der Waals surface area contributed by atoms with Gasteiger partial charge >= 0.3 is 5.97 Å². The van der Waals surface area contributed by atoms with Gasteiger partial charge in [-0.2, -0.15) is 5.26 Å². The summed E-state index contributed by atoms with van der Waals surface area (Å²) in [5.74, 6) is 0.0989. The van der Waals surface area contributed by atoms with Crippen LogP contribution in [-0.4, -0.2) is 17.6 Å². The normalized spacial score (nSPS) is 17.0. The molecule has 1 heterocycles. The van der Waals surface area contributed by atoms with Crippen molar-refractivity contribution in [3.8, 4) is 6.07 Å². The molecule has 4 heteroatoms. The number of benzene rings is 1. The van der Waals surface area contributed by atoms with Crippen LogP contribution in [0.3, 0.4) is 0 Å². The lowest BCUT2D eigenvalue weighted by Gasteiger charge is -2.37. The smallest absolute Gasteiger partial charge is 0.340 e. The van der Waals surface area contributed by atoms with Crippen LogP contribution in [0.1, 0.15) is 55.2 Å². The van der Waals surface area contributed by atoms with Crippen molar-refractivity contribution in [1.29, 1.82) is 5.26 Å². The molecule has 0 unspecified atom stereocenters. The van der Waals surface area contributed by atoms with Crippen molar-refractivity contribution in [3.05, 3.63) is 41.1 Å². The molecule has 130 valence electrons. The fourth-order valence-electron chi connectivity index (χ4n) is 3.75. The van der Waals surface area contributed by atoms with Crippen LogP contribution in [0, 0.1) is 22.7 Å². The first kappa shape index (κ1) is 17.4. The Bertz CT molecular complexity index is 849. The van der Waals surface area contributed by atoms with E-state index in [0.29, 0.717) is 11.5 Å². The van der Waals surface area contributed by atoms with Gasteiger partial charge in [0.25, 0.3) is 0 Å². The average molecular weight is 336 g/mol. The van der Waals surface area contributed by atoms with E-state index >= 15 is 0 Å². The van der Waals surface area contributed by atoms with Crippen molar-refractivity contribution < 1.29 is 9.53 Å². The van der Waals surface area contributed by atoms with Gasteiger partial charge < -0.3 is 4.74 Å². The van der Waals surface area contributed by atoms with Gasteiger partial charge in [-0.15, -0.1) is 0 Å². The summed E-state index contributed by atoms with van der Waals surface area (Å²) in [6, 6.07) is 9.57. The fourth-order valence-corrected chi connectivity index (χ4v) is 3.75. The number of nitrogens with zero attached hydrogens (tertiary/aromatic N) is 2. The number of fused-ring (bicyclic) bond motifs is 2. The predicted octanol–water partition coefficient (Wildman–Crippen LogP) is 4.46. The lowest BCUT2D eigenvalue weighted by atomic mass is 9.68. The third-order valence-electron chi connectivity index (χ3n) is 5.75. The number of aryl methyl sites for hydroxylation is 1. The van der Waals surface area contributed by atoms with E-state index in [-0.39, 0.29) is 12.0 Å². The van der Waals surface area contributed by atoms with E-state index < -0.39 is 5.97 Å².